The molecule has 1 saturated heterocycles. The summed E-state index contributed by atoms with van der Waals surface area (Å²) in [4.78, 5) is 2.54. The molecular formula is C16H34N2O2. The van der Waals surface area contributed by atoms with E-state index in [-0.39, 0.29) is 0 Å². The molecule has 1 rings (SSSR count). The van der Waals surface area contributed by atoms with E-state index in [0.29, 0.717) is 0 Å². The molecule has 0 saturated carbocycles. The predicted octanol–water partition coefficient (Wildman–Crippen LogP) is 2.00. The maximum absolute atomic E-state index is 5.70. The van der Waals surface area contributed by atoms with Crippen molar-refractivity contribution in [3.63, 3.8) is 0 Å². The fraction of sp³-hybridized carbons (Fsp3) is 1.00. The zero-order valence-electron chi connectivity index (χ0n) is 13.7. The summed E-state index contributed by atoms with van der Waals surface area (Å²) in [6.07, 6.45) is 3.80. The normalized spacial score (nSPS) is 18.0. The Balaban J connectivity index is 1.93. The highest BCUT2D eigenvalue weighted by Gasteiger charge is 2.18. The van der Waals surface area contributed by atoms with Crippen molar-refractivity contribution in [2.75, 3.05) is 59.7 Å². The molecule has 0 bridgehead atoms. The Morgan fingerprint density at radius 2 is 1.90 bits per heavy atom. The smallest absolute Gasteiger partial charge is 0.0593 e. The fourth-order valence-corrected chi connectivity index (χ4v) is 2.51. The molecule has 0 aromatic rings. The number of rotatable bonds is 11. The molecule has 0 aliphatic carbocycles. The molecule has 0 spiro atoms. The van der Waals surface area contributed by atoms with E-state index >= 15 is 0 Å². The topological polar surface area (TPSA) is 33.7 Å². The third-order valence-electron chi connectivity index (χ3n) is 4.01. The number of nitrogens with zero attached hydrogens (tertiary/aromatic N) is 1. The van der Waals surface area contributed by atoms with Crippen LogP contribution in [0.25, 0.3) is 0 Å². The minimum absolute atomic E-state index is 0.747. The van der Waals surface area contributed by atoms with E-state index in [1.807, 2.05) is 0 Å². The van der Waals surface area contributed by atoms with Crippen molar-refractivity contribution in [1.82, 2.24) is 10.2 Å². The second kappa shape index (κ2) is 11.5. The Morgan fingerprint density at radius 3 is 2.55 bits per heavy atom. The lowest BCUT2D eigenvalue weighted by Gasteiger charge is -2.32. The molecule has 0 aromatic carbocycles. The molecule has 0 aromatic heterocycles. The molecule has 0 amide bonds. The van der Waals surface area contributed by atoms with E-state index in [1.54, 1.807) is 7.11 Å². The van der Waals surface area contributed by atoms with E-state index in [0.717, 1.165) is 51.3 Å². The van der Waals surface area contributed by atoms with Gasteiger partial charge in [0.1, 0.15) is 0 Å². The van der Waals surface area contributed by atoms with Gasteiger partial charge in [0.2, 0.25) is 0 Å². The predicted molar refractivity (Wildman–Crippen MR) is 84.2 cm³/mol. The zero-order chi connectivity index (χ0) is 14.6. The van der Waals surface area contributed by atoms with Crippen molar-refractivity contribution >= 4 is 0 Å². The molecule has 1 fully saturated rings. The second-order valence-corrected chi connectivity index (χ2v) is 6.28. The van der Waals surface area contributed by atoms with Crippen molar-refractivity contribution in [3.05, 3.63) is 0 Å². The van der Waals surface area contributed by atoms with Crippen molar-refractivity contribution in [2.45, 2.75) is 33.1 Å². The van der Waals surface area contributed by atoms with Gasteiger partial charge in [-0.15, -0.1) is 0 Å². The molecule has 0 atom stereocenters. The number of likely N-dealkylation sites (tertiary alicyclic amines) is 1. The minimum atomic E-state index is 0.747. The first-order valence-corrected chi connectivity index (χ1v) is 8.22. The van der Waals surface area contributed by atoms with E-state index < -0.39 is 0 Å². The molecule has 1 aliphatic rings. The summed E-state index contributed by atoms with van der Waals surface area (Å²) in [6, 6.07) is 0. The summed E-state index contributed by atoms with van der Waals surface area (Å²) in [5.74, 6) is 1.58. The number of ether oxygens (including phenoxy) is 2. The van der Waals surface area contributed by atoms with Crippen LogP contribution < -0.4 is 5.32 Å². The average Bonchev–Trinajstić information content (AvgIpc) is 2.44. The average molecular weight is 286 g/mol. The van der Waals surface area contributed by atoms with Crippen LogP contribution >= 0.6 is 0 Å². The van der Waals surface area contributed by atoms with Gasteiger partial charge >= 0.3 is 0 Å². The number of methoxy groups -OCH3 is 1. The lowest BCUT2D eigenvalue weighted by Crippen LogP contribution is -2.39. The van der Waals surface area contributed by atoms with Crippen molar-refractivity contribution in [3.8, 4) is 0 Å². The number of nitrogens with one attached hydrogen (secondary N) is 1. The Kier molecular flexibility index (Phi) is 10.3. The summed E-state index contributed by atoms with van der Waals surface area (Å²) in [7, 11) is 1.75. The lowest BCUT2D eigenvalue weighted by molar-refractivity contribution is 0.0823. The SMILES string of the molecule is COCCNCC1CCN(CCOCCC(C)C)CC1. The fourth-order valence-electron chi connectivity index (χ4n) is 2.51. The van der Waals surface area contributed by atoms with Crippen LogP contribution in [0.4, 0.5) is 0 Å². The quantitative estimate of drug-likeness (QED) is 0.589. The Morgan fingerprint density at radius 1 is 1.15 bits per heavy atom. The standard InChI is InChI=1S/C16H34N2O2/c1-15(2)6-11-20-13-10-18-8-4-16(5-9-18)14-17-7-12-19-3/h15-17H,4-14H2,1-3H3. The first-order chi connectivity index (χ1) is 9.72. The summed E-state index contributed by atoms with van der Waals surface area (Å²) < 4.78 is 10.7. The molecule has 4 heteroatoms. The van der Waals surface area contributed by atoms with Crippen LogP contribution in [-0.4, -0.2) is 64.6 Å². The van der Waals surface area contributed by atoms with Crippen LogP contribution in [0.5, 0.6) is 0 Å². The maximum atomic E-state index is 5.70. The molecule has 4 nitrogen and oxygen atoms in total. The highest BCUT2D eigenvalue weighted by atomic mass is 16.5. The third kappa shape index (κ3) is 8.90. The molecule has 0 radical (unpaired) electrons. The van der Waals surface area contributed by atoms with Gasteiger partial charge in [0.25, 0.3) is 0 Å². The Hall–Kier alpha value is -0.160. The van der Waals surface area contributed by atoms with E-state index in [4.69, 9.17) is 9.47 Å². The molecule has 1 N–H and O–H groups in total. The summed E-state index contributed by atoms with van der Waals surface area (Å²) >= 11 is 0. The Labute approximate surface area is 125 Å². The van der Waals surface area contributed by atoms with Gasteiger partial charge in [0.05, 0.1) is 13.2 Å². The van der Waals surface area contributed by atoms with E-state index in [2.05, 4.69) is 24.1 Å². The van der Waals surface area contributed by atoms with Gasteiger partial charge in [-0.05, 0) is 50.7 Å². The summed E-state index contributed by atoms with van der Waals surface area (Å²) in [6.45, 7) is 12.8. The molecule has 20 heavy (non-hydrogen) atoms. The molecule has 0 unspecified atom stereocenters. The largest absolute Gasteiger partial charge is 0.383 e. The first kappa shape index (κ1) is 17.9. The van der Waals surface area contributed by atoms with Crippen molar-refractivity contribution in [1.29, 1.82) is 0 Å². The minimum Gasteiger partial charge on any atom is -0.383 e. The maximum Gasteiger partial charge on any atom is 0.0593 e. The van der Waals surface area contributed by atoms with Gasteiger partial charge in [0.15, 0.2) is 0 Å². The molecule has 1 aliphatic heterocycles. The third-order valence-corrected chi connectivity index (χ3v) is 4.01. The van der Waals surface area contributed by atoms with Gasteiger partial charge in [-0.25, -0.2) is 0 Å². The van der Waals surface area contributed by atoms with Crippen LogP contribution in [0.1, 0.15) is 33.1 Å². The second-order valence-electron chi connectivity index (χ2n) is 6.28. The van der Waals surface area contributed by atoms with Crippen LogP contribution in [0.3, 0.4) is 0 Å². The highest BCUT2D eigenvalue weighted by Crippen LogP contribution is 2.15. The van der Waals surface area contributed by atoms with Crippen LogP contribution in [0.15, 0.2) is 0 Å². The van der Waals surface area contributed by atoms with E-state index in [1.165, 1.54) is 32.4 Å². The van der Waals surface area contributed by atoms with Crippen LogP contribution in [0, 0.1) is 11.8 Å². The van der Waals surface area contributed by atoms with Crippen molar-refractivity contribution < 1.29 is 9.47 Å². The molecule has 1 heterocycles. The number of hydrogen-bond donors (Lipinski definition) is 1. The van der Waals surface area contributed by atoms with Gasteiger partial charge in [-0.2, -0.15) is 0 Å². The summed E-state index contributed by atoms with van der Waals surface area (Å²) in [5.41, 5.74) is 0. The highest BCUT2D eigenvalue weighted by molar-refractivity contribution is 4.73. The van der Waals surface area contributed by atoms with E-state index in [9.17, 15) is 0 Å². The monoisotopic (exact) mass is 286 g/mol. The van der Waals surface area contributed by atoms with Crippen LogP contribution in [-0.2, 0) is 9.47 Å². The summed E-state index contributed by atoms with van der Waals surface area (Å²) in [5, 5.41) is 3.47. The Bertz CT molecular complexity index is 217. The van der Waals surface area contributed by atoms with Crippen LogP contribution in [0.2, 0.25) is 0 Å². The molecular weight excluding hydrogens is 252 g/mol. The first-order valence-electron chi connectivity index (χ1n) is 8.22. The van der Waals surface area contributed by atoms with Crippen molar-refractivity contribution in [2.24, 2.45) is 11.8 Å². The zero-order valence-corrected chi connectivity index (χ0v) is 13.7. The number of piperidine rings is 1. The van der Waals surface area contributed by atoms with Gasteiger partial charge < -0.3 is 19.7 Å². The lowest BCUT2D eigenvalue weighted by atomic mass is 9.97. The van der Waals surface area contributed by atoms with Gasteiger partial charge in [-0.3, -0.25) is 0 Å². The van der Waals surface area contributed by atoms with Gasteiger partial charge in [0, 0.05) is 26.8 Å². The van der Waals surface area contributed by atoms with Gasteiger partial charge in [-0.1, -0.05) is 13.8 Å². The molecule has 120 valence electrons. The number of hydrogen-bond acceptors (Lipinski definition) is 4.